The van der Waals surface area contributed by atoms with E-state index < -0.39 is 47.1 Å². The molecule has 5 aliphatic carbocycles. The average Bonchev–Trinajstić information content (AvgIpc) is 3.65. The van der Waals surface area contributed by atoms with Crippen LogP contribution in [0.3, 0.4) is 0 Å². The highest BCUT2D eigenvalue weighted by molar-refractivity contribution is 5.66. The largest absolute Gasteiger partial charge is 0.514 e. The number of nitrogens with zero attached hydrogens (tertiary/aromatic N) is 1. The second-order valence-corrected chi connectivity index (χ2v) is 18.4. The first kappa shape index (κ1) is 35.6. The molecule has 6 aliphatic rings. The van der Waals surface area contributed by atoms with E-state index in [1.165, 1.54) is 31.2 Å². The van der Waals surface area contributed by atoms with E-state index in [1.54, 1.807) is 13.8 Å². The number of hydrogen-bond acceptors (Lipinski definition) is 10. The average molecular weight is 698 g/mol. The number of hydrogen-bond donors (Lipinski definition) is 2. The van der Waals surface area contributed by atoms with Gasteiger partial charge < -0.3 is 29.2 Å². The number of carbonyl (C=O) groups excluding carboxylic acids is 2. The van der Waals surface area contributed by atoms with E-state index in [4.69, 9.17) is 18.9 Å². The van der Waals surface area contributed by atoms with Gasteiger partial charge in [-0.2, -0.15) is 0 Å². The van der Waals surface area contributed by atoms with Crippen LogP contribution < -0.4 is 4.74 Å². The number of aliphatic hydroxyl groups excluding tert-OH is 1. The number of nitro groups is 1. The van der Waals surface area contributed by atoms with Gasteiger partial charge in [0.25, 0.3) is 5.69 Å². The number of ether oxygens (including phenoxy) is 4. The molecule has 13 atom stereocenters. The molecule has 2 N–H and O–H groups in total. The molecule has 276 valence electrons. The summed E-state index contributed by atoms with van der Waals surface area (Å²) in [7, 11) is 0. The summed E-state index contributed by atoms with van der Waals surface area (Å²) in [4.78, 5) is 35.5. The van der Waals surface area contributed by atoms with Gasteiger partial charge >= 0.3 is 12.1 Å². The SMILES string of the molecule is CC(=O)O[C@@H]([C@H]1C[C@@H](C)[C@H]2[C@H](O1)[C@H](O)[C@@]1(C)[C@@H]3CC[C@H]4C(C)(C)[C@@H](OC(=O)Oc5ccc([N+](=O)[O-])cc5)CC[C@@]45C[C@@]35CC[C@]21C)C(C)(C)O. The summed E-state index contributed by atoms with van der Waals surface area (Å²) in [6.45, 7) is 16.0. The van der Waals surface area contributed by atoms with Gasteiger partial charge in [-0.05, 0) is 117 Å². The number of benzene rings is 1. The van der Waals surface area contributed by atoms with Crippen molar-refractivity contribution >= 4 is 17.8 Å². The zero-order valence-corrected chi connectivity index (χ0v) is 30.8. The van der Waals surface area contributed by atoms with Crippen molar-refractivity contribution in [3.63, 3.8) is 0 Å². The third-order valence-electron chi connectivity index (χ3n) is 15.6. The Morgan fingerprint density at radius 2 is 1.66 bits per heavy atom. The lowest BCUT2D eigenvalue weighted by Gasteiger charge is -2.63. The number of carbonyl (C=O) groups is 2. The minimum Gasteiger partial charge on any atom is -0.457 e. The topological polar surface area (TPSA) is 155 Å². The summed E-state index contributed by atoms with van der Waals surface area (Å²) in [6, 6.07) is 5.40. The predicted octanol–water partition coefficient (Wildman–Crippen LogP) is 6.99. The summed E-state index contributed by atoms with van der Waals surface area (Å²) < 4.78 is 23.9. The second kappa shape index (κ2) is 11.4. The van der Waals surface area contributed by atoms with E-state index >= 15 is 0 Å². The van der Waals surface area contributed by atoms with Crippen molar-refractivity contribution in [2.24, 2.45) is 50.7 Å². The first-order chi connectivity index (χ1) is 23.2. The number of nitro benzene ring substituents is 1. The Hall–Kier alpha value is -2.76. The van der Waals surface area contributed by atoms with Crippen LogP contribution in [0.5, 0.6) is 5.75 Å². The molecule has 5 saturated carbocycles. The molecule has 1 aromatic rings. The van der Waals surface area contributed by atoms with Gasteiger partial charge in [0.05, 0.1) is 28.8 Å². The molecule has 1 aliphatic heterocycles. The maximum absolute atomic E-state index is 13.0. The van der Waals surface area contributed by atoms with E-state index in [0.29, 0.717) is 18.3 Å². The van der Waals surface area contributed by atoms with E-state index in [9.17, 15) is 29.9 Å². The molecule has 1 heterocycles. The molecule has 0 aromatic heterocycles. The quantitative estimate of drug-likeness (QED) is 0.138. The second-order valence-electron chi connectivity index (χ2n) is 18.4. The fourth-order valence-electron chi connectivity index (χ4n) is 13.4. The molecule has 0 radical (unpaired) electrons. The van der Waals surface area contributed by atoms with Crippen molar-refractivity contribution in [3.8, 4) is 5.75 Å². The van der Waals surface area contributed by atoms with Gasteiger partial charge in [-0.15, -0.1) is 0 Å². The lowest BCUT2D eigenvalue weighted by atomic mass is 9.41. The lowest BCUT2D eigenvalue weighted by Crippen LogP contribution is -2.60. The first-order valence-electron chi connectivity index (χ1n) is 18.6. The van der Waals surface area contributed by atoms with Gasteiger partial charge in [0.15, 0.2) is 6.10 Å². The molecule has 11 nitrogen and oxygen atoms in total. The van der Waals surface area contributed by atoms with Crippen molar-refractivity contribution in [3.05, 3.63) is 34.4 Å². The van der Waals surface area contributed by atoms with Crippen LogP contribution in [-0.4, -0.2) is 63.4 Å². The number of aliphatic hydroxyl groups is 2. The summed E-state index contributed by atoms with van der Waals surface area (Å²) in [5, 5.41) is 34.5. The summed E-state index contributed by atoms with van der Waals surface area (Å²) in [5.41, 5.74) is -1.96. The van der Waals surface area contributed by atoms with Gasteiger partial charge in [0, 0.05) is 29.9 Å². The number of non-ortho nitro benzene ring substituents is 1. The number of rotatable bonds is 6. The van der Waals surface area contributed by atoms with Crippen LogP contribution in [0.15, 0.2) is 24.3 Å². The summed E-state index contributed by atoms with van der Waals surface area (Å²) in [6.07, 6.45) is 3.95. The smallest absolute Gasteiger partial charge is 0.457 e. The van der Waals surface area contributed by atoms with Crippen molar-refractivity contribution in [2.75, 3.05) is 0 Å². The molecular formula is C39H55NO10. The monoisotopic (exact) mass is 697 g/mol. The molecule has 0 amide bonds. The molecule has 50 heavy (non-hydrogen) atoms. The molecule has 7 rings (SSSR count). The van der Waals surface area contributed by atoms with Crippen molar-refractivity contribution in [1.82, 2.24) is 0 Å². The molecule has 2 spiro atoms. The molecule has 11 heteroatoms. The van der Waals surface area contributed by atoms with E-state index in [0.717, 1.165) is 44.9 Å². The Bertz CT molecular complexity index is 1550. The van der Waals surface area contributed by atoms with Crippen molar-refractivity contribution < 1.29 is 43.7 Å². The highest BCUT2D eigenvalue weighted by atomic mass is 16.7. The Balaban J connectivity index is 1.10. The first-order valence-corrected chi connectivity index (χ1v) is 18.6. The van der Waals surface area contributed by atoms with Crippen LogP contribution >= 0.6 is 0 Å². The summed E-state index contributed by atoms with van der Waals surface area (Å²) in [5.74, 6) is 0.757. The number of fused-ring (bicyclic) bond motifs is 4. The van der Waals surface area contributed by atoms with Gasteiger partial charge in [0.2, 0.25) is 0 Å². The van der Waals surface area contributed by atoms with Crippen molar-refractivity contribution in [1.29, 1.82) is 0 Å². The molecule has 1 saturated heterocycles. The van der Waals surface area contributed by atoms with Crippen LogP contribution in [0.25, 0.3) is 0 Å². The fourth-order valence-corrected chi connectivity index (χ4v) is 13.4. The Labute approximate surface area is 294 Å². The Kier molecular flexibility index (Phi) is 8.10. The maximum atomic E-state index is 13.0. The maximum Gasteiger partial charge on any atom is 0.514 e. The minimum absolute atomic E-state index is 0.0796. The van der Waals surface area contributed by atoms with Crippen LogP contribution in [-0.2, 0) is 19.0 Å². The van der Waals surface area contributed by atoms with Crippen LogP contribution in [0.4, 0.5) is 10.5 Å². The van der Waals surface area contributed by atoms with Crippen LogP contribution in [0.2, 0.25) is 0 Å². The van der Waals surface area contributed by atoms with E-state index in [2.05, 4.69) is 34.6 Å². The van der Waals surface area contributed by atoms with Crippen LogP contribution in [0.1, 0.15) is 107 Å². The molecular weight excluding hydrogens is 642 g/mol. The molecule has 0 unspecified atom stereocenters. The summed E-state index contributed by atoms with van der Waals surface area (Å²) >= 11 is 0. The van der Waals surface area contributed by atoms with Crippen LogP contribution in [0, 0.1) is 60.9 Å². The normalized spacial score (nSPS) is 44.6. The molecule has 6 fully saturated rings. The number of esters is 1. The zero-order chi connectivity index (χ0) is 36.4. The lowest BCUT2D eigenvalue weighted by molar-refractivity contribution is -0.384. The fraction of sp³-hybridized carbons (Fsp3) is 0.795. The molecule has 1 aromatic carbocycles. The third-order valence-corrected chi connectivity index (χ3v) is 15.6. The molecule has 0 bridgehead atoms. The van der Waals surface area contributed by atoms with E-state index in [1.807, 2.05) is 0 Å². The third kappa shape index (κ3) is 4.84. The van der Waals surface area contributed by atoms with Gasteiger partial charge in [-0.3, -0.25) is 14.9 Å². The zero-order valence-electron chi connectivity index (χ0n) is 30.8. The minimum atomic E-state index is -1.30. The Morgan fingerprint density at radius 1 is 1.02 bits per heavy atom. The highest BCUT2D eigenvalue weighted by Gasteiger charge is 2.85. The van der Waals surface area contributed by atoms with E-state index in [-0.39, 0.29) is 56.5 Å². The van der Waals surface area contributed by atoms with Gasteiger partial charge in [0.1, 0.15) is 11.9 Å². The highest BCUT2D eigenvalue weighted by Crippen LogP contribution is 2.89. The van der Waals surface area contributed by atoms with Crippen molar-refractivity contribution in [2.45, 2.75) is 143 Å². The standard InChI is InChI=1S/C39H55NO10/c1-21-19-25(32(35(5,6)44)47-22(2)41)49-30-29(21)36(7)17-18-39-20-38(39)16-15-28(50-33(43)48-24-11-9-23(10-12-24)40(45)46)34(3,4)26(38)13-14-27(39)37(36,8)31(30)42/h9-12,21,25-32,42,44H,13-20H2,1-8H3/t21-,25-,26+,27+,28+,29+,30+,31+,32+,36-,37-,38-,39+/m1/s1. The Morgan fingerprint density at radius 3 is 2.28 bits per heavy atom. The predicted molar refractivity (Wildman–Crippen MR) is 182 cm³/mol. The van der Waals surface area contributed by atoms with Gasteiger partial charge in [-0.1, -0.05) is 34.6 Å². The van der Waals surface area contributed by atoms with Gasteiger partial charge in [-0.25, -0.2) is 4.79 Å².